The minimum absolute atomic E-state index is 0.151. The highest BCUT2D eigenvalue weighted by Gasteiger charge is 2.58. The lowest BCUT2D eigenvalue weighted by molar-refractivity contribution is -0.488. The van der Waals surface area contributed by atoms with E-state index in [9.17, 15) is 14.9 Å². The number of hydrogen-bond acceptors (Lipinski definition) is 5. The normalized spacial score (nSPS) is 20.5. The van der Waals surface area contributed by atoms with Crippen molar-refractivity contribution in [1.29, 1.82) is 0 Å². The van der Waals surface area contributed by atoms with E-state index in [0.717, 1.165) is 16.5 Å². The molecule has 0 saturated carbocycles. The number of rotatable bonds is 6. The van der Waals surface area contributed by atoms with Crippen LogP contribution in [0.1, 0.15) is 65.9 Å². The number of fused-ring (bicyclic) bond motifs is 1. The average Bonchev–Trinajstić information content (AvgIpc) is 3.28. The number of carbonyl (C=O) groups excluding carboxylic acids is 1. The zero-order chi connectivity index (χ0) is 25.5. The first kappa shape index (κ1) is 26.2. The van der Waals surface area contributed by atoms with Crippen molar-refractivity contribution >= 4 is 25.3 Å². The SMILES string of the molecule is CC(C)(C)OC(=O)N1CCCC1(O[Si](C)(C)C(C)(C)C)[C@H](C[N+](=O)[O-])c1c[nH]c2ccccc12. The molecule has 1 amide bonds. The maximum Gasteiger partial charge on any atom is 0.412 e. The first-order valence-corrected chi connectivity index (χ1v) is 14.9. The minimum Gasteiger partial charge on any atom is -0.444 e. The van der Waals surface area contributed by atoms with E-state index in [2.05, 4.69) is 38.8 Å². The molecule has 9 heteroatoms. The Balaban J connectivity index is 2.23. The number of likely N-dealkylation sites (tertiary alicyclic amines) is 1. The summed E-state index contributed by atoms with van der Waals surface area (Å²) in [6.07, 6.45) is 2.54. The fourth-order valence-electron chi connectivity index (χ4n) is 4.53. The van der Waals surface area contributed by atoms with Crippen LogP contribution in [0.5, 0.6) is 0 Å². The van der Waals surface area contributed by atoms with Crippen molar-refractivity contribution in [3.05, 3.63) is 46.1 Å². The van der Waals surface area contributed by atoms with Crippen molar-refractivity contribution in [1.82, 2.24) is 9.88 Å². The molecule has 0 spiro atoms. The highest BCUT2D eigenvalue weighted by atomic mass is 28.4. The highest BCUT2D eigenvalue weighted by molar-refractivity contribution is 6.74. The zero-order valence-electron chi connectivity index (χ0n) is 21.7. The van der Waals surface area contributed by atoms with Crippen LogP contribution in [0.4, 0.5) is 4.79 Å². The molecule has 1 aliphatic rings. The van der Waals surface area contributed by atoms with Crippen molar-refractivity contribution in [2.24, 2.45) is 0 Å². The van der Waals surface area contributed by atoms with Gasteiger partial charge in [-0.05, 0) is 63.4 Å². The van der Waals surface area contributed by atoms with Gasteiger partial charge in [0, 0.05) is 28.6 Å². The molecule has 2 heterocycles. The molecule has 3 rings (SSSR count). The van der Waals surface area contributed by atoms with E-state index in [-0.39, 0.29) is 16.5 Å². The van der Waals surface area contributed by atoms with Gasteiger partial charge in [-0.2, -0.15) is 0 Å². The van der Waals surface area contributed by atoms with E-state index < -0.39 is 31.7 Å². The van der Waals surface area contributed by atoms with E-state index in [1.165, 1.54) is 0 Å². The number of amides is 1. The van der Waals surface area contributed by atoms with E-state index in [0.29, 0.717) is 19.4 Å². The molecular formula is C25H39N3O5Si. The van der Waals surface area contributed by atoms with Crippen molar-refractivity contribution < 1.29 is 18.9 Å². The first-order valence-electron chi connectivity index (χ1n) is 12.0. The summed E-state index contributed by atoms with van der Waals surface area (Å²) in [4.78, 5) is 30.1. The van der Waals surface area contributed by atoms with Gasteiger partial charge in [-0.15, -0.1) is 0 Å². The molecule has 1 saturated heterocycles. The number of para-hydroxylation sites is 1. The number of H-pyrrole nitrogens is 1. The van der Waals surface area contributed by atoms with Gasteiger partial charge in [0.15, 0.2) is 8.32 Å². The Bertz CT molecular complexity index is 1050. The van der Waals surface area contributed by atoms with Crippen LogP contribution in [0.25, 0.3) is 10.9 Å². The Labute approximate surface area is 203 Å². The third-order valence-corrected chi connectivity index (χ3v) is 11.6. The highest BCUT2D eigenvalue weighted by Crippen LogP contribution is 2.50. The van der Waals surface area contributed by atoms with Gasteiger partial charge in [0.2, 0.25) is 6.54 Å². The molecule has 8 nitrogen and oxygen atoms in total. The number of benzene rings is 1. The maximum absolute atomic E-state index is 13.5. The first-order chi connectivity index (χ1) is 15.6. The summed E-state index contributed by atoms with van der Waals surface area (Å²) in [6.45, 7) is 16.2. The Morgan fingerprint density at radius 1 is 1.24 bits per heavy atom. The number of nitrogens with zero attached hydrogens (tertiary/aromatic N) is 2. The largest absolute Gasteiger partial charge is 0.444 e. The number of aromatic amines is 1. The Kier molecular flexibility index (Phi) is 6.94. The summed E-state index contributed by atoms with van der Waals surface area (Å²) in [5.41, 5.74) is -0.179. The molecule has 1 fully saturated rings. The molecule has 0 bridgehead atoms. The number of nitrogens with one attached hydrogen (secondary N) is 1. The van der Waals surface area contributed by atoms with Crippen LogP contribution >= 0.6 is 0 Å². The van der Waals surface area contributed by atoms with E-state index in [4.69, 9.17) is 9.16 Å². The molecule has 1 aromatic carbocycles. The number of ether oxygens (including phenoxy) is 1. The van der Waals surface area contributed by atoms with E-state index in [1.807, 2.05) is 51.2 Å². The molecule has 1 N–H and O–H groups in total. The van der Waals surface area contributed by atoms with Gasteiger partial charge in [-0.25, -0.2) is 4.79 Å². The molecule has 0 radical (unpaired) electrons. The molecule has 2 atom stereocenters. The maximum atomic E-state index is 13.5. The van der Waals surface area contributed by atoms with Crippen LogP contribution in [0, 0.1) is 10.1 Å². The van der Waals surface area contributed by atoms with Crippen LogP contribution in [0.3, 0.4) is 0 Å². The van der Waals surface area contributed by atoms with E-state index in [1.54, 1.807) is 4.90 Å². The monoisotopic (exact) mass is 489 g/mol. The molecule has 188 valence electrons. The third kappa shape index (κ3) is 5.15. The predicted octanol–water partition coefficient (Wildman–Crippen LogP) is 6.28. The van der Waals surface area contributed by atoms with Gasteiger partial charge in [0.1, 0.15) is 11.3 Å². The molecule has 1 unspecified atom stereocenters. The minimum atomic E-state index is -2.46. The van der Waals surface area contributed by atoms with Gasteiger partial charge < -0.3 is 14.1 Å². The quantitative estimate of drug-likeness (QED) is 0.293. The molecule has 34 heavy (non-hydrogen) atoms. The van der Waals surface area contributed by atoms with Crippen molar-refractivity contribution in [2.75, 3.05) is 13.1 Å². The van der Waals surface area contributed by atoms with Gasteiger partial charge in [-0.3, -0.25) is 15.0 Å². The second-order valence-corrected chi connectivity index (χ2v) is 16.5. The van der Waals surface area contributed by atoms with Crippen molar-refractivity contribution in [3.63, 3.8) is 0 Å². The predicted molar refractivity (Wildman–Crippen MR) is 136 cm³/mol. The van der Waals surface area contributed by atoms with Crippen LogP contribution in [0.15, 0.2) is 30.5 Å². The standard InChI is InChI=1S/C25H39N3O5Si/c1-23(2,3)32-22(29)27-15-11-14-25(27,33-34(7,8)24(4,5)6)20(17-28(30)31)19-16-26-21-13-10-9-12-18(19)21/h9-10,12-13,16,20,26H,11,14-15,17H2,1-8H3/t20-,25?/m1/s1. The zero-order valence-corrected chi connectivity index (χ0v) is 22.7. The fraction of sp³-hybridized carbons (Fsp3) is 0.640. The van der Waals surface area contributed by atoms with Gasteiger partial charge in [-0.1, -0.05) is 39.0 Å². The summed E-state index contributed by atoms with van der Waals surface area (Å²) in [5, 5.41) is 12.8. The summed E-state index contributed by atoms with van der Waals surface area (Å²) in [7, 11) is -2.46. The molecule has 2 aromatic rings. The lowest BCUT2D eigenvalue weighted by Gasteiger charge is -2.50. The van der Waals surface area contributed by atoms with Crippen LogP contribution in [-0.2, 0) is 9.16 Å². The van der Waals surface area contributed by atoms with Crippen molar-refractivity contribution in [2.45, 2.75) is 89.8 Å². The van der Waals surface area contributed by atoms with Gasteiger partial charge >= 0.3 is 6.09 Å². The van der Waals surface area contributed by atoms with Crippen molar-refractivity contribution in [3.8, 4) is 0 Å². The lowest BCUT2D eigenvalue weighted by atomic mass is 9.86. The summed E-state index contributed by atoms with van der Waals surface area (Å²) in [6, 6.07) is 7.75. The number of nitro groups is 1. The molecule has 1 aromatic heterocycles. The van der Waals surface area contributed by atoms with Gasteiger partial charge in [0.05, 0.1) is 5.92 Å². The van der Waals surface area contributed by atoms with Crippen LogP contribution in [-0.4, -0.2) is 53.6 Å². The molecule has 0 aliphatic carbocycles. The summed E-state index contributed by atoms with van der Waals surface area (Å²) in [5.74, 6) is -0.664. The average molecular weight is 490 g/mol. The third-order valence-electron chi connectivity index (χ3n) is 7.10. The summed E-state index contributed by atoms with van der Waals surface area (Å²) >= 11 is 0. The second kappa shape index (κ2) is 9.00. The number of aromatic nitrogens is 1. The number of carbonyl (C=O) groups is 1. The Morgan fingerprint density at radius 3 is 2.47 bits per heavy atom. The fourth-order valence-corrected chi connectivity index (χ4v) is 6.07. The van der Waals surface area contributed by atoms with Gasteiger partial charge in [0.25, 0.3) is 0 Å². The molecule has 1 aliphatic heterocycles. The van der Waals surface area contributed by atoms with E-state index >= 15 is 0 Å². The van der Waals surface area contributed by atoms with Crippen LogP contribution in [0.2, 0.25) is 18.1 Å². The lowest BCUT2D eigenvalue weighted by Crippen LogP contribution is -2.61. The Morgan fingerprint density at radius 2 is 1.88 bits per heavy atom. The number of hydrogen-bond donors (Lipinski definition) is 1. The second-order valence-electron chi connectivity index (χ2n) is 11.8. The molecular weight excluding hydrogens is 450 g/mol. The summed E-state index contributed by atoms with van der Waals surface area (Å²) < 4.78 is 12.9. The topological polar surface area (TPSA) is 97.7 Å². The smallest absolute Gasteiger partial charge is 0.412 e. The van der Waals surface area contributed by atoms with Crippen LogP contribution < -0.4 is 0 Å². The Hall–Kier alpha value is -2.39.